The summed E-state index contributed by atoms with van der Waals surface area (Å²) in [6.07, 6.45) is 2.75. The van der Waals surface area contributed by atoms with E-state index in [0.29, 0.717) is 12.1 Å². The van der Waals surface area contributed by atoms with Crippen LogP contribution in [0, 0.1) is 0 Å². The Hall–Kier alpha value is -0.160. The van der Waals surface area contributed by atoms with Crippen molar-refractivity contribution in [3.63, 3.8) is 0 Å². The molecule has 4 heteroatoms. The minimum Gasteiger partial charge on any atom is -0.379 e. The maximum absolute atomic E-state index is 5.92. The van der Waals surface area contributed by atoms with Crippen LogP contribution in [0.4, 0.5) is 0 Å². The van der Waals surface area contributed by atoms with Crippen LogP contribution < -0.4 is 5.73 Å². The zero-order chi connectivity index (χ0) is 9.60. The summed E-state index contributed by atoms with van der Waals surface area (Å²) in [5.74, 6) is 0. The lowest BCUT2D eigenvalue weighted by Gasteiger charge is -2.41. The quantitative estimate of drug-likeness (QED) is 0.654. The molecule has 4 nitrogen and oxygen atoms in total. The second kappa shape index (κ2) is 3.17. The molecule has 80 valence electrons. The average molecular weight is 198 g/mol. The summed E-state index contributed by atoms with van der Waals surface area (Å²) in [5, 5.41) is 0. The largest absolute Gasteiger partial charge is 0.379 e. The number of hydrogen-bond acceptors (Lipinski definition) is 4. The first-order valence-electron chi connectivity index (χ1n) is 5.50. The molecule has 0 spiro atoms. The highest BCUT2D eigenvalue weighted by Crippen LogP contribution is 2.37. The fourth-order valence-electron chi connectivity index (χ4n) is 3.08. The molecular formula is C10H18N2O2. The predicted molar refractivity (Wildman–Crippen MR) is 52.1 cm³/mol. The van der Waals surface area contributed by atoms with E-state index < -0.39 is 0 Å². The van der Waals surface area contributed by atoms with Crippen LogP contribution in [0.25, 0.3) is 0 Å². The van der Waals surface area contributed by atoms with Gasteiger partial charge in [0.15, 0.2) is 0 Å². The standard InChI is InChI=1S/C10H18N2O2/c11-6-10(1-2-13-7-10)12-4-9-3-8(12)5-14-9/h8-9H,1-7,11H2. The van der Waals surface area contributed by atoms with Crippen LogP contribution in [0.2, 0.25) is 0 Å². The van der Waals surface area contributed by atoms with Gasteiger partial charge in [-0.2, -0.15) is 0 Å². The highest BCUT2D eigenvalue weighted by atomic mass is 16.5. The number of likely N-dealkylation sites (tertiary alicyclic amines) is 1. The molecular weight excluding hydrogens is 180 g/mol. The number of hydrogen-bond donors (Lipinski definition) is 1. The van der Waals surface area contributed by atoms with Crippen molar-refractivity contribution >= 4 is 0 Å². The normalized spacial score (nSPS) is 47.8. The molecule has 2 bridgehead atoms. The molecule has 0 radical (unpaired) electrons. The first kappa shape index (κ1) is 9.09. The number of morpholine rings is 1. The lowest BCUT2D eigenvalue weighted by atomic mass is 9.95. The molecule has 3 atom stereocenters. The van der Waals surface area contributed by atoms with E-state index in [-0.39, 0.29) is 5.54 Å². The van der Waals surface area contributed by atoms with Gasteiger partial charge in [-0.05, 0) is 12.8 Å². The third-order valence-electron chi connectivity index (χ3n) is 3.97. The van der Waals surface area contributed by atoms with Crippen LogP contribution in [-0.4, -0.2) is 55.5 Å². The summed E-state index contributed by atoms with van der Waals surface area (Å²) in [7, 11) is 0. The Morgan fingerprint density at radius 1 is 1.50 bits per heavy atom. The molecule has 3 aliphatic rings. The second-order valence-corrected chi connectivity index (χ2v) is 4.73. The molecule has 0 aromatic rings. The van der Waals surface area contributed by atoms with Crippen molar-refractivity contribution in [2.45, 2.75) is 30.5 Å². The van der Waals surface area contributed by atoms with Gasteiger partial charge >= 0.3 is 0 Å². The molecule has 3 rings (SSSR count). The van der Waals surface area contributed by atoms with Gasteiger partial charge in [-0.3, -0.25) is 4.90 Å². The van der Waals surface area contributed by atoms with Crippen LogP contribution in [0.3, 0.4) is 0 Å². The Kier molecular flexibility index (Phi) is 2.06. The highest BCUT2D eigenvalue weighted by Gasteiger charge is 2.50. The molecule has 0 aromatic carbocycles. The number of nitrogens with zero attached hydrogens (tertiary/aromatic N) is 1. The van der Waals surface area contributed by atoms with E-state index in [1.165, 1.54) is 6.42 Å². The van der Waals surface area contributed by atoms with Crippen LogP contribution in [0.5, 0.6) is 0 Å². The Balaban J connectivity index is 1.80. The van der Waals surface area contributed by atoms with Gasteiger partial charge in [0, 0.05) is 25.7 Å². The highest BCUT2D eigenvalue weighted by molar-refractivity contribution is 5.04. The lowest BCUT2D eigenvalue weighted by molar-refractivity contribution is -0.0259. The zero-order valence-corrected chi connectivity index (χ0v) is 8.45. The minimum absolute atomic E-state index is 0.128. The summed E-state index contributed by atoms with van der Waals surface area (Å²) in [5.41, 5.74) is 6.05. The molecule has 3 aliphatic heterocycles. The van der Waals surface area contributed by atoms with E-state index in [1.807, 2.05) is 0 Å². The van der Waals surface area contributed by atoms with Crippen LogP contribution >= 0.6 is 0 Å². The molecule has 3 heterocycles. The number of fused-ring (bicyclic) bond motifs is 2. The van der Waals surface area contributed by atoms with E-state index in [0.717, 1.165) is 39.3 Å². The molecule has 3 saturated heterocycles. The van der Waals surface area contributed by atoms with Gasteiger partial charge in [0.05, 0.1) is 24.9 Å². The maximum Gasteiger partial charge on any atom is 0.0718 e. The topological polar surface area (TPSA) is 47.7 Å². The average Bonchev–Trinajstić information content (AvgIpc) is 2.94. The van der Waals surface area contributed by atoms with Crippen molar-refractivity contribution in [2.24, 2.45) is 5.73 Å². The molecule has 3 fully saturated rings. The summed E-state index contributed by atoms with van der Waals surface area (Å²) in [6, 6.07) is 0.602. The first-order chi connectivity index (χ1) is 6.84. The fraction of sp³-hybridized carbons (Fsp3) is 1.00. The SMILES string of the molecule is NCC1(N2CC3CC2CO3)CCOC1. The molecule has 0 aromatic heterocycles. The van der Waals surface area contributed by atoms with E-state index in [9.17, 15) is 0 Å². The third-order valence-corrected chi connectivity index (χ3v) is 3.97. The summed E-state index contributed by atoms with van der Waals surface area (Å²) in [6.45, 7) is 4.35. The smallest absolute Gasteiger partial charge is 0.0718 e. The molecule has 0 aliphatic carbocycles. The van der Waals surface area contributed by atoms with Gasteiger partial charge < -0.3 is 15.2 Å². The Morgan fingerprint density at radius 3 is 2.93 bits per heavy atom. The summed E-state index contributed by atoms with van der Waals surface area (Å²) < 4.78 is 11.1. The summed E-state index contributed by atoms with van der Waals surface area (Å²) >= 11 is 0. The van der Waals surface area contributed by atoms with Crippen molar-refractivity contribution in [1.82, 2.24) is 4.90 Å². The van der Waals surface area contributed by atoms with Crippen molar-refractivity contribution in [1.29, 1.82) is 0 Å². The number of ether oxygens (including phenoxy) is 2. The Bertz CT molecular complexity index is 228. The molecule has 2 N–H and O–H groups in total. The monoisotopic (exact) mass is 198 g/mol. The second-order valence-electron chi connectivity index (χ2n) is 4.73. The van der Waals surface area contributed by atoms with Crippen LogP contribution in [0.1, 0.15) is 12.8 Å². The van der Waals surface area contributed by atoms with E-state index in [1.54, 1.807) is 0 Å². The van der Waals surface area contributed by atoms with Crippen molar-refractivity contribution in [3.05, 3.63) is 0 Å². The molecule has 3 unspecified atom stereocenters. The zero-order valence-electron chi connectivity index (χ0n) is 8.45. The van der Waals surface area contributed by atoms with Gasteiger partial charge in [-0.1, -0.05) is 0 Å². The first-order valence-corrected chi connectivity index (χ1v) is 5.50. The van der Waals surface area contributed by atoms with Crippen molar-refractivity contribution in [2.75, 3.05) is 32.9 Å². The van der Waals surface area contributed by atoms with Gasteiger partial charge in [-0.15, -0.1) is 0 Å². The molecule has 14 heavy (non-hydrogen) atoms. The van der Waals surface area contributed by atoms with E-state index in [4.69, 9.17) is 15.2 Å². The predicted octanol–water partition coefficient (Wildman–Crippen LogP) is -0.423. The van der Waals surface area contributed by atoms with Crippen molar-refractivity contribution < 1.29 is 9.47 Å². The summed E-state index contributed by atoms with van der Waals surface area (Å²) in [4.78, 5) is 2.55. The van der Waals surface area contributed by atoms with E-state index >= 15 is 0 Å². The Labute approximate surface area is 84.3 Å². The number of rotatable bonds is 2. The minimum atomic E-state index is 0.128. The van der Waals surface area contributed by atoms with Gasteiger partial charge in [0.1, 0.15) is 0 Å². The van der Waals surface area contributed by atoms with Crippen LogP contribution in [-0.2, 0) is 9.47 Å². The van der Waals surface area contributed by atoms with E-state index in [2.05, 4.69) is 4.90 Å². The Morgan fingerprint density at radius 2 is 2.43 bits per heavy atom. The van der Waals surface area contributed by atoms with Crippen molar-refractivity contribution in [3.8, 4) is 0 Å². The fourth-order valence-corrected chi connectivity index (χ4v) is 3.08. The molecule has 0 amide bonds. The maximum atomic E-state index is 5.92. The third kappa shape index (κ3) is 1.15. The van der Waals surface area contributed by atoms with Gasteiger partial charge in [0.25, 0.3) is 0 Å². The van der Waals surface area contributed by atoms with Gasteiger partial charge in [-0.25, -0.2) is 0 Å². The van der Waals surface area contributed by atoms with Gasteiger partial charge in [0.2, 0.25) is 0 Å². The molecule has 0 saturated carbocycles. The lowest BCUT2D eigenvalue weighted by Crippen LogP contribution is -2.58. The number of nitrogens with two attached hydrogens (primary N) is 1. The van der Waals surface area contributed by atoms with Crippen LogP contribution in [0.15, 0.2) is 0 Å².